The van der Waals surface area contributed by atoms with E-state index in [1.165, 1.54) is 0 Å². The van der Waals surface area contributed by atoms with Crippen LogP contribution in [0, 0.1) is 0 Å². The van der Waals surface area contributed by atoms with Crippen LogP contribution in [-0.2, 0) is 0 Å². The van der Waals surface area contributed by atoms with E-state index in [-0.39, 0.29) is 5.75 Å². The van der Waals surface area contributed by atoms with E-state index in [0.29, 0.717) is 5.56 Å². The van der Waals surface area contributed by atoms with Crippen molar-refractivity contribution in [1.82, 2.24) is 0 Å². The van der Waals surface area contributed by atoms with E-state index >= 15 is 0 Å². The van der Waals surface area contributed by atoms with Crippen LogP contribution in [0.4, 0.5) is 4.39 Å². The third-order valence-electron chi connectivity index (χ3n) is 2.48. The van der Waals surface area contributed by atoms with Crippen LogP contribution in [0.15, 0.2) is 36.4 Å². The summed E-state index contributed by atoms with van der Waals surface area (Å²) in [4.78, 5) is 0. The molecular weight excluding hydrogens is 193 g/mol. The van der Waals surface area contributed by atoms with Crippen LogP contribution in [-0.4, -0.2) is 11.8 Å². The zero-order valence-electron chi connectivity index (χ0n) is 8.15. The van der Waals surface area contributed by atoms with Gasteiger partial charge in [-0.05, 0) is 16.8 Å². The third-order valence-corrected chi connectivity index (χ3v) is 2.48. The molecule has 0 bridgehead atoms. The summed E-state index contributed by atoms with van der Waals surface area (Å²) in [6.45, 7) is -0.679. The Kier molecular flexibility index (Phi) is 2.56. The molecule has 3 heteroatoms. The molecule has 0 amide bonds. The molecule has 78 valence electrons. The van der Waals surface area contributed by atoms with Gasteiger partial charge in [0.15, 0.2) is 0 Å². The van der Waals surface area contributed by atoms with Crippen molar-refractivity contribution < 1.29 is 9.50 Å². The Morgan fingerprint density at radius 1 is 1.20 bits per heavy atom. The minimum absolute atomic E-state index is 0.0545. The maximum absolute atomic E-state index is 12.5. The van der Waals surface area contributed by atoms with Gasteiger partial charge in [0.1, 0.15) is 12.4 Å². The molecule has 2 nitrogen and oxygen atoms in total. The molecule has 2 aromatic carbocycles. The fourth-order valence-electron chi connectivity index (χ4n) is 1.75. The van der Waals surface area contributed by atoms with E-state index in [2.05, 4.69) is 0 Å². The van der Waals surface area contributed by atoms with Crippen LogP contribution in [0.25, 0.3) is 10.8 Å². The summed E-state index contributed by atoms with van der Waals surface area (Å²) in [7, 11) is 0. The molecule has 0 aromatic heterocycles. The highest BCUT2D eigenvalue weighted by Gasteiger charge is 2.13. The number of halogens is 1. The predicted molar refractivity (Wildman–Crippen MR) is 58.5 cm³/mol. The topological polar surface area (TPSA) is 46.2 Å². The monoisotopic (exact) mass is 205 g/mol. The minimum atomic E-state index is -0.768. The average molecular weight is 205 g/mol. The van der Waals surface area contributed by atoms with Gasteiger partial charge in [0.25, 0.3) is 0 Å². The Bertz CT molecular complexity index is 484. The van der Waals surface area contributed by atoms with Gasteiger partial charge < -0.3 is 10.8 Å². The Hall–Kier alpha value is -1.61. The highest BCUT2D eigenvalue weighted by Crippen LogP contribution is 2.31. The number of alkyl halides is 1. The van der Waals surface area contributed by atoms with Crippen molar-refractivity contribution in [3.63, 3.8) is 0 Å². The summed E-state index contributed by atoms with van der Waals surface area (Å²) in [5.74, 6) is 0.0545. The first kappa shape index (κ1) is 9.93. The maximum Gasteiger partial charge on any atom is 0.121 e. The van der Waals surface area contributed by atoms with Crippen LogP contribution >= 0.6 is 0 Å². The van der Waals surface area contributed by atoms with Crippen LogP contribution in [0.3, 0.4) is 0 Å². The second-order valence-corrected chi connectivity index (χ2v) is 3.48. The van der Waals surface area contributed by atoms with Crippen molar-refractivity contribution >= 4 is 10.8 Å². The smallest absolute Gasteiger partial charge is 0.121 e. The summed E-state index contributed by atoms with van der Waals surface area (Å²) in [5.41, 5.74) is 6.11. The second kappa shape index (κ2) is 3.87. The molecule has 0 spiro atoms. The van der Waals surface area contributed by atoms with E-state index in [0.717, 1.165) is 10.8 Å². The molecule has 2 aromatic rings. The Morgan fingerprint density at radius 2 is 1.93 bits per heavy atom. The van der Waals surface area contributed by atoms with E-state index in [1.807, 2.05) is 24.3 Å². The van der Waals surface area contributed by atoms with Gasteiger partial charge in [0.2, 0.25) is 0 Å². The highest BCUT2D eigenvalue weighted by molar-refractivity contribution is 5.88. The second-order valence-electron chi connectivity index (χ2n) is 3.48. The zero-order chi connectivity index (χ0) is 10.8. The maximum atomic E-state index is 12.5. The number of fused-ring (bicyclic) bond motifs is 1. The number of benzene rings is 2. The number of rotatable bonds is 2. The average Bonchev–Trinajstić information content (AvgIpc) is 2.28. The largest absolute Gasteiger partial charge is 0.508 e. The van der Waals surface area contributed by atoms with Crippen molar-refractivity contribution in [2.24, 2.45) is 5.73 Å². The van der Waals surface area contributed by atoms with Crippen molar-refractivity contribution in [3.05, 3.63) is 42.0 Å². The molecule has 15 heavy (non-hydrogen) atoms. The van der Waals surface area contributed by atoms with E-state index in [1.54, 1.807) is 12.1 Å². The summed E-state index contributed by atoms with van der Waals surface area (Å²) in [6, 6.07) is 10.0. The number of phenolic OH excluding ortho intramolecular Hbond substituents is 1. The molecule has 0 saturated heterocycles. The molecule has 0 aliphatic carbocycles. The fraction of sp³-hybridized carbons (Fsp3) is 0.167. The van der Waals surface area contributed by atoms with Gasteiger partial charge in [0.05, 0.1) is 6.04 Å². The lowest BCUT2D eigenvalue weighted by molar-refractivity contribution is 0.416. The highest BCUT2D eigenvalue weighted by atomic mass is 19.1. The molecule has 1 atom stereocenters. The van der Waals surface area contributed by atoms with Crippen LogP contribution < -0.4 is 5.73 Å². The summed E-state index contributed by atoms with van der Waals surface area (Å²) >= 11 is 0. The number of aromatic hydroxyl groups is 1. The Balaban J connectivity index is 2.74. The van der Waals surface area contributed by atoms with E-state index in [4.69, 9.17) is 5.73 Å². The number of nitrogens with two attached hydrogens (primary N) is 1. The fourth-order valence-corrected chi connectivity index (χ4v) is 1.75. The van der Waals surface area contributed by atoms with Gasteiger partial charge in [-0.25, -0.2) is 4.39 Å². The van der Waals surface area contributed by atoms with E-state index < -0.39 is 12.7 Å². The molecule has 0 saturated carbocycles. The quantitative estimate of drug-likeness (QED) is 0.791. The molecule has 0 fully saturated rings. The van der Waals surface area contributed by atoms with Crippen molar-refractivity contribution in [1.29, 1.82) is 0 Å². The number of hydrogen-bond donors (Lipinski definition) is 2. The standard InChI is InChI=1S/C12H12FNO/c13-7-10(14)12-9-4-2-1-3-8(9)5-6-11(12)15/h1-6,10,15H,7,14H2/t10-/m0/s1. The van der Waals surface area contributed by atoms with Crippen molar-refractivity contribution in [3.8, 4) is 5.75 Å². The first-order valence-corrected chi connectivity index (χ1v) is 4.76. The lowest BCUT2D eigenvalue weighted by atomic mass is 9.99. The van der Waals surface area contributed by atoms with E-state index in [9.17, 15) is 9.50 Å². The van der Waals surface area contributed by atoms with Gasteiger partial charge in [-0.1, -0.05) is 30.3 Å². The Labute approximate surface area is 87.1 Å². The lowest BCUT2D eigenvalue weighted by Gasteiger charge is -2.13. The molecule has 3 N–H and O–H groups in total. The molecule has 0 unspecified atom stereocenters. The van der Waals surface area contributed by atoms with Crippen LogP contribution in [0.5, 0.6) is 5.75 Å². The van der Waals surface area contributed by atoms with Crippen molar-refractivity contribution in [2.75, 3.05) is 6.67 Å². The first-order valence-electron chi connectivity index (χ1n) is 4.76. The van der Waals surface area contributed by atoms with Crippen LogP contribution in [0.2, 0.25) is 0 Å². The third kappa shape index (κ3) is 1.66. The van der Waals surface area contributed by atoms with Gasteiger partial charge in [0, 0.05) is 5.56 Å². The number of hydrogen-bond acceptors (Lipinski definition) is 2. The zero-order valence-corrected chi connectivity index (χ0v) is 8.15. The van der Waals surface area contributed by atoms with Crippen LogP contribution in [0.1, 0.15) is 11.6 Å². The number of phenols is 1. The van der Waals surface area contributed by atoms with Gasteiger partial charge in [-0.2, -0.15) is 0 Å². The predicted octanol–water partition coefficient (Wildman–Crippen LogP) is 2.51. The SMILES string of the molecule is N[C@@H](CF)c1c(O)ccc2ccccc12. The summed E-state index contributed by atoms with van der Waals surface area (Å²) < 4.78 is 12.5. The summed E-state index contributed by atoms with van der Waals surface area (Å²) in [6.07, 6.45) is 0. The molecule has 0 aliphatic heterocycles. The molecule has 0 heterocycles. The molecule has 0 aliphatic rings. The van der Waals surface area contributed by atoms with Gasteiger partial charge in [-0.3, -0.25) is 0 Å². The summed E-state index contributed by atoms with van der Waals surface area (Å²) in [5, 5.41) is 11.4. The molecule has 2 rings (SSSR count). The van der Waals surface area contributed by atoms with Gasteiger partial charge in [-0.15, -0.1) is 0 Å². The first-order chi connectivity index (χ1) is 7.24. The molecule has 0 radical (unpaired) electrons. The minimum Gasteiger partial charge on any atom is -0.508 e. The lowest BCUT2D eigenvalue weighted by Crippen LogP contribution is -2.12. The molecular formula is C12H12FNO. The normalized spacial score (nSPS) is 12.9. The van der Waals surface area contributed by atoms with Crippen molar-refractivity contribution in [2.45, 2.75) is 6.04 Å². The van der Waals surface area contributed by atoms with Gasteiger partial charge >= 0.3 is 0 Å². The Morgan fingerprint density at radius 3 is 2.67 bits per heavy atom.